The van der Waals surface area contributed by atoms with Crippen molar-refractivity contribution < 1.29 is 0 Å². The normalized spacial score (nSPS) is 23.0. The molecule has 2 fully saturated rings. The van der Waals surface area contributed by atoms with Crippen molar-refractivity contribution >= 4 is 11.8 Å². The third-order valence-electron chi connectivity index (χ3n) is 4.52. The van der Waals surface area contributed by atoms with Gasteiger partial charge in [0.2, 0.25) is 5.95 Å². The summed E-state index contributed by atoms with van der Waals surface area (Å²) in [5.41, 5.74) is 1.04. The number of aryl methyl sites for hydroxylation is 1. The zero-order valence-corrected chi connectivity index (χ0v) is 13.3. The molecule has 5 heteroatoms. The van der Waals surface area contributed by atoms with Gasteiger partial charge in [0.05, 0.1) is 0 Å². The second-order valence-electron chi connectivity index (χ2n) is 6.25. The summed E-state index contributed by atoms with van der Waals surface area (Å²) in [5, 5.41) is 3.31. The van der Waals surface area contributed by atoms with Crippen LogP contribution in [0.25, 0.3) is 0 Å². The van der Waals surface area contributed by atoms with Crippen molar-refractivity contribution in [2.45, 2.75) is 45.6 Å². The van der Waals surface area contributed by atoms with Crippen molar-refractivity contribution in [3.8, 4) is 0 Å². The molecule has 116 valence electrons. The number of hydrogen-bond acceptors (Lipinski definition) is 5. The molecule has 0 aliphatic carbocycles. The van der Waals surface area contributed by atoms with E-state index in [-0.39, 0.29) is 0 Å². The lowest BCUT2D eigenvalue weighted by Crippen LogP contribution is -2.35. The number of rotatable bonds is 5. The van der Waals surface area contributed by atoms with E-state index in [0.29, 0.717) is 0 Å². The molecule has 2 aliphatic heterocycles. The molecular weight excluding hydrogens is 262 g/mol. The summed E-state index contributed by atoms with van der Waals surface area (Å²) in [7, 11) is 0. The molecule has 0 saturated carbocycles. The van der Waals surface area contributed by atoms with Gasteiger partial charge in [-0.15, -0.1) is 0 Å². The van der Waals surface area contributed by atoms with E-state index in [9.17, 15) is 0 Å². The zero-order valence-electron chi connectivity index (χ0n) is 13.3. The number of nitrogens with one attached hydrogen (secondary N) is 1. The van der Waals surface area contributed by atoms with Crippen LogP contribution in [0.1, 0.15) is 38.3 Å². The lowest BCUT2D eigenvalue weighted by Gasteiger charge is -2.24. The third-order valence-corrected chi connectivity index (χ3v) is 4.52. The molecule has 0 amide bonds. The van der Waals surface area contributed by atoms with Gasteiger partial charge in [0.25, 0.3) is 0 Å². The van der Waals surface area contributed by atoms with Crippen LogP contribution >= 0.6 is 0 Å². The van der Waals surface area contributed by atoms with Gasteiger partial charge in [0, 0.05) is 37.4 Å². The van der Waals surface area contributed by atoms with Crippen LogP contribution in [-0.4, -0.2) is 53.6 Å². The monoisotopic (exact) mass is 289 g/mol. The average molecular weight is 289 g/mol. The minimum Gasteiger partial charge on any atom is -0.355 e. The molecule has 2 aliphatic rings. The minimum atomic E-state index is 0.717. The van der Waals surface area contributed by atoms with E-state index in [1.54, 1.807) is 0 Å². The van der Waals surface area contributed by atoms with Crippen LogP contribution in [0.15, 0.2) is 6.07 Å². The van der Waals surface area contributed by atoms with Crippen molar-refractivity contribution in [3.63, 3.8) is 0 Å². The van der Waals surface area contributed by atoms with E-state index < -0.39 is 0 Å². The van der Waals surface area contributed by atoms with Gasteiger partial charge in [0.15, 0.2) is 0 Å². The summed E-state index contributed by atoms with van der Waals surface area (Å²) in [6.07, 6.45) is 5.09. The van der Waals surface area contributed by atoms with Crippen LogP contribution in [0.2, 0.25) is 0 Å². The highest BCUT2D eigenvalue weighted by Gasteiger charge is 2.30. The Balaban J connectivity index is 1.67. The number of aromatic nitrogens is 2. The topological polar surface area (TPSA) is 44.3 Å². The summed E-state index contributed by atoms with van der Waals surface area (Å²) in [6.45, 7) is 9.93. The van der Waals surface area contributed by atoms with E-state index in [2.05, 4.69) is 40.0 Å². The third kappa shape index (κ3) is 3.46. The standard InChI is InChI=1S/C16H27N5/c1-3-7-17-16-18-13(2)11-15(19-16)21-10-6-14(12-21)20-8-4-5-9-20/h11,14H,3-10,12H2,1-2H3,(H,17,18,19). The van der Waals surface area contributed by atoms with Crippen LogP contribution in [-0.2, 0) is 0 Å². The van der Waals surface area contributed by atoms with E-state index >= 15 is 0 Å². The van der Waals surface area contributed by atoms with Gasteiger partial charge in [-0.3, -0.25) is 4.90 Å². The molecule has 5 nitrogen and oxygen atoms in total. The molecule has 3 heterocycles. The minimum absolute atomic E-state index is 0.717. The Morgan fingerprint density at radius 3 is 2.81 bits per heavy atom. The van der Waals surface area contributed by atoms with Crippen LogP contribution in [0.4, 0.5) is 11.8 Å². The summed E-state index contributed by atoms with van der Waals surface area (Å²) >= 11 is 0. The summed E-state index contributed by atoms with van der Waals surface area (Å²) < 4.78 is 0. The van der Waals surface area contributed by atoms with E-state index in [0.717, 1.165) is 49.6 Å². The molecule has 3 rings (SSSR count). The largest absolute Gasteiger partial charge is 0.355 e. The van der Waals surface area contributed by atoms with Gasteiger partial charge in [0.1, 0.15) is 5.82 Å². The van der Waals surface area contributed by atoms with Gasteiger partial charge in [-0.05, 0) is 45.7 Å². The van der Waals surface area contributed by atoms with E-state index in [1.807, 2.05) is 0 Å². The summed E-state index contributed by atoms with van der Waals surface area (Å²) in [5.74, 6) is 1.86. The SMILES string of the molecule is CCCNc1nc(C)cc(N2CCC(N3CCCC3)C2)n1. The van der Waals surface area contributed by atoms with Crippen LogP contribution in [0.3, 0.4) is 0 Å². The molecule has 0 aromatic carbocycles. The number of hydrogen-bond donors (Lipinski definition) is 1. The molecule has 0 bridgehead atoms. The van der Waals surface area contributed by atoms with Gasteiger partial charge in [-0.1, -0.05) is 6.92 Å². The molecule has 1 unspecified atom stereocenters. The molecule has 1 N–H and O–H groups in total. The van der Waals surface area contributed by atoms with Crippen LogP contribution in [0.5, 0.6) is 0 Å². The second kappa shape index (κ2) is 6.60. The van der Waals surface area contributed by atoms with Crippen molar-refractivity contribution in [2.75, 3.05) is 42.9 Å². The van der Waals surface area contributed by atoms with Gasteiger partial charge in [-0.25, -0.2) is 4.98 Å². The summed E-state index contributed by atoms with van der Waals surface area (Å²) in [4.78, 5) is 14.3. The van der Waals surface area contributed by atoms with Crippen molar-refractivity contribution in [1.29, 1.82) is 0 Å². The Hall–Kier alpha value is -1.36. The van der Waals surface area contributed by atoms with E-state index in [1.165, 1.54) is 32.4 Å². The van der Waals surface area contributed by atoms with Crippen LogP contribution < -0.4 is 10.2 Å². The quantitative estimate of drug-likeness (QED) is 0.901. The first kappa shape index (κ1) is 14.6. The lowest BCUT2D eigenvalue weighted by atomic mass is 10.2. The van der Waals surface area contributed by atoms with Crippen molar-refractivity contribution in [1.82, 2.24) is 14.9 Å². The number of nitrogens with zero attached hydrogens (tertiary/aromatic N) is 4. The maximum atomic E-state index is 4.70. The summed E-state index contributed by atoms with van der Waals surface area (Å²) in [6, 6.07) is 2.83. The highest BCUT2D eigenvalue weighted by molar-refractivity contribution is 5.46. The van der Waals surface area contributed by atoms with Crippen molar-refractivity contribution in [2.24, 2.45) is 0 Å². The fraction of sp³-hybridized carbons (Fsp3) is 0.750. The predicted octanol–water partition coefficient (Wildman–Crippen LogP) is 2.28. The first-order valence-corrected chi connectivity index (χ1v) is 8.35. The second-order valence-corrected chi connectivity index (χ2v) is 6.25. The molecular formula is C16H27N5. The Labute approximate surface area is 127 Å². The zero-order chi connectivity index (χ0) is 14.7. The number of anilines is 2. The highest BCUT2D eigenvalue weighted by Crippen LogP contribution is 2.25. The predicted molar refractivity (Wildman–Crippen MR) is 87.0 cm³/mol. The molecule has 21 heavy (non-hydrogen) atoms. The average Bonchev–Trinajstić information content (AvgIpc) is 3.14. The fourth-order valence-corrected chi connectivity index (χ4v) is 3.38. The molecule has 0 spiro atoms. The maximum absolute atomic E-state index is 4.70. The number of likely N-dealkylation sites (tertiary alicyclic amines) is 1. The van der Waals surface area contributed by atoms with Gasteiger partial charge >= 0.3 is 0 Å². The molecule has 1 aromatic rings. The van der Waals surface area contributed by atoms with Crippen molar-refractivity contribution in [3.05, 3.63) is 11.8 Å². The Bertz CT molecular complexity index is 470. The highest BCUT2D eigenvalue weighted by atomic mass is 15.3. The lowest BCUT2D eigenvalue weighted by molar-refractivity contribution is 0.260. The van der Waals surface area contributed by atoms with Crippen LogP contribution in [0, 0.1) is 6.92 Å². The Morgan fingerprint density at radius 1 is 1.24 bits per heavy atom. The fourth-order valence-electron chi connectivity index (χ4n) is 3.38. The molecule has 1 aromatic heterocycles. The molecule has 2 saturated heterocycles. The smallest absolute Gasteiger partial charge is 0.224 e. The maximum Gasteiger partial charge on any atom is 0.224 e. The first-order valence-electron chi connectivity index (χ1n) is 8.35. The molecule has 1 atom stereocenters. The Morgan fingerprint density at radius 2 is 2.05 bits per heavy atom. The first-order chi connectivity index (χ1) is 10.3. The molecule has 0 radical (unpaired) electrons. The van der Waals surface area contributed by atoms with E-state index in [4.69, 9.17) is 4.98 Å². The van der Waals surface area contributed by atoms with Gasteiger partial charge in [-0.2, -0.15) is 4.98 Å². The van der Waals surface area contributed by atoms with Gasteiger partial charge < -0.3 is 10.2 Å². The Kier molecular flexibility index (Phi) is 4.58.